The van der Waals surface area contributed by atoms with Crippen molar-refractivity contribution >= 4 is 17.3 Å². The number of halogens is 3. The number of methoxy groups -OCH3 is 1. The number of benzene rings is 1. The maximum atomic E-state index is 14.2. The topological polar surface area (TPSA) is 74.3 Å². The Hall–Kier alpha value is -3.34. The molecule has 1 aromatic carbocycles. The molecule has 3 aromatic heterocycles. The van der Waals surface area contributed by atoms with Crippen LogP contribution >= 0.6 is 11.8 Å². The molecule has 0 spiro atoms. The molecule has 0 radical (unpaired) electrons. The van der Waals surface area contributed by atoms with E-state index in [1.807, 2.05) is 0 Å². The Morgan fingerprint density at radius 2 is 1.97 bits per heavy atom. The van der Waals surface area contributed by atoms with Crippen LogP contribution < -0.4 is 10.3 Å². The first-order valence-corrected chi connectivity index (χ1v) is 9.63. The smallest absolute Gasteiger partial charge is 0.285 e. The first kappa shape index (κ1) is 20.0. The van der Waals surface area contributed by atoms with Crippen LogP contribution in [0.25, 0.3) is 11.2 Å². The molecule has 0 aliphatic heterocycles. The predicted molar refractivity (Wildman–Crippen MR) is 104 cm³/mol. The molecular weight excluding hydrogens is 419 g/mol. The average molecular weight is 433 g/mol. The lowest BCUT2D eigenvalue weighted by Crippen LogP contribution is -2.24. The minimum Gasteiger partial charge on any atom is -0.479 e. The second-order valence-electron chi connectivity index (χ2n) is 6.14. The van der Waals surface area contributed by atoms with Crippen LogP contribution in [0, 0.1) is 5.82 Å². The minimum absolute atomic E-state index is 0.0727. The number of pyridine rings is 1. The Morgan fingerprint density at radius 1 is 1.20 bits per heavy atom. The summed E-state index contributed by atoms with van der Waals surface area (Å²) in [4.78, 5) is 16.9. The van der Waals surface area contributed by atoms with Crippen molar-refractivity contribution in [1.82, 2.24) is 24.4 Å². The van der Waals surface area contributed by atoms with Crippen molar-refractivity contribution in [2.24, 2.45) is 0 Å². The molecule has 3 heterocycles. The highest BCUT2D eigenvalue weighted by Gasteiger charge is 2.17. The van der Waals surface area contributed by atoms with Gasteiger partial charge in [0.15, 0.2) is 16.5 Å². The molecule has 30 heavy (non-hydrogen) atoms. The van der Waals surface area contributed by atoms with E-state index in [2.05, 4.69) is 15.2 Å². The van der Waals surface area contributed by atoms with Crippen LogP contribution in [-0.2, 0) is 5.75 Å². The summed E-state index contributed by atoms with van der Waals surface area (Å²) >= 11 is 1.18. The van der Waals surface area contributed by atoms with Crippen LogP contribution in [0.4, 0.5) is 13.2 Å². The third-order valence-corrected chi connectivity index (χ3v) is 5.26. The van der Waals surface area contributed by atoms with E-state index in [0.717, 1.165) is 11.6 Å². The van der Waals surface area contributed by atoms with Gasteiger partial charge in [-0.25, -0.2) is 18.2 Å². The maximum absolute atomic E-state index is 14.2. The predicted octanol–water partition coefficient (Wildman–Crippen LogP) is 3.65. The van der Waals surface area contributed by atoms with E-state index in [4.69, 9.17) is 4.74 Å². The van der Waals surface area contributed by atoms with Gasteiger partial charge in [0, 0.05) is 17.4 Å². The molecule has 4 aromatic rings. The fourth-order valence-corrected chi connectivity index (χ4v) is 3.72. The third kappa shape index (κ3) is 3.75. The van der Waals surface area contributed by atoms with Gasteiger partial charge in [0.25, 0.3) is 12.0 Å². The molecule has 11 heteroatoms. The average Bonchev–Trinajstić information content (AvgIpc) is 3.21. The molecule has 0 saturated carbocycles. The van der Waals surface area contributed by atoms with Gasteiger partial charge in [-0.15, -0.1) is 9.73 Å². The fourth-order valence-electron chi connectivity index (χ4n) is 2.78. The summed E-state index contributed by atoms with van der Waals surface area (Å²) < 4.78 is 46.9. The van der Waals surface area contributed by atoms with E-state index in [1.54, 1.807) is 12.1 Å². The van der Waals surface area contributed by atoms with Gasteiger partial charge >= 0.3 is 0 Å². The molecule has 0 amide bonds. The van der Waals surface area contributed by atoms with E-state index in [0.29, 0.717) is 5.75 Å². The van der Waals surface area contributed by atoms with Crippen LogP contribution in [0.3, 0.4) is 0 Å². The second kappa shape index (κ2) is 8.19. The molecule has 0 unspecified atom stereocenters. The van der Waals surface area contributed by atoms with Crippen molar-refractivity contribution in [2.45, 2.75) is 17.3 Å². The number of nitrogens with zero attached hydrogens (tertiary/aromatic N) is 5. The number of aromatic nitrogens is 5. The van der Waals surface area contributed by atoms with E-state index in [1.165, 1.54) is 58.7 Å². The van der Waals surface area contributed by atoms with E-state index in [-0.39, 0.29) is 27.8 Å². The second-order valence-corrected chi connectivity index (χ2v) is 7.09. The van der Waals surface area contributed by atoms with Gasteiger partial charge in [-0.2, -0.15) is 5.10 Å². The number of rotatable bonds is 6. The summed E-state index contributed by atoms with van der Waals surface area (Å²) in [7, 11) is 1.29. The zero-order valence-corrected chi connectivity index (χ0v) is 16.3. The molecule has 0 aliphatic rings. The molecular formula is C19H14F3N5O2S. The number of fused-ring (bicyclic) bond motifs is 1. The summed E-state index contributed by atoms with van der Waals surface area (Å²) in [5.41, 5.74) is 0.604. The number of hydrogen-bond acceptors (Lipinski definition) is 6. The molecule has 0 bridgehead atoms. The number of alkyl halides is 2. The van der Waals surface area contributed by atoms with Crippen LogP contribution in [-0.4, -0.2) is 31.5 Å². The van der Waals surface area contributed by atoms with Gasteiger partial charge in [-0.1, -0.05) is 36.0 Å². The van der Waals surface area contributed by atoms with Gasteiger partial charge in [-0.05, 0) is 11.6 Å². The van der Waals surface area contributed by atoms with Crippen molar-refractivity contribution in [3.8, 4) is 11.6 Å². The van der Waals surface area contributed by atoms with Crippen molar-refractivity contribution < 1.29 is 17.9 Å². The summed E-state index contributed by atoms with van der Waals surface area (Å²) in [6.07, 6.45) is 0.191. The Kier molecular flexibility index (Phi) is 5.44. The summed E-state index contributed by atoms with van der Waals surface area (Å²) in [5, 5.41) is 8.56. The lowest BCUT2D eigenvalue weighted by atomic mass is 10.2. The Labute approximate surface area is 172 Å². The molecule has 0 N–H and O–H groups in total. The Balaban J connectivity index is 1.74. The Bertz CT molecular complexity index is 1260. The number of ether oxygens (including phenoxy) is 1. The number of thioether (sulfide) groups is 1. The van der Waals surface area contributed by atoms with E-state index < -0.39 is 17.8 Å². The largest absolute Gasteiger partial charge is 0.479 e. The zero-order valence-electron chi connectivity index (χ0n) is 15.5. The molecule has 154 valence electrons. The lowest BCUT2D eigenvalue weighted by Gasteiger charge is -2.12. The van der Waals surface area contributed by atoms with Crippen molar-refractivity contribution in [3.05, 3.63) is 76.1 Å². The minimum atomic E-state index is -2.54. The molecule has 0 fully saturated rings. The van der Waals surface area contributed by atoms with Gasteiger partial charge in [0.05, 0.1) is 25.2 Å². The van der Waals surface area contributed by atoms with E-state index >= 15 is 0 Å². The summed E-state index contributed by atoms with van der Waals surface area (Å²) in [6.45, 7) is 0. The van der Waals surface area contributed by atoms with Gasteiger partial charge < -0.3 is 4.74 Å². The molecule has 4 rings (SSSR count). The molecule has 7 nitrogen and oxygen atoms in total. The lowest BCUT2D eigenvalue weighted by molar-refractivity contribution is 0.151. The summed E-state index contributed by atoms with van der Waals surface area (Å²) in [6, 6.07) is 8.48. The van der Waals surface area contributed by atoms with Crippen LogP contribution in [0.15, 0.2) is 58.7 Å². The van der Waals surface area contributed by atoms with Crippen molar-refractivity contribution in [2.75, 3.05) is 7.11 Å². The standard InChI is InChI=1S/C19H14F3N5O2S/c1-29-17-14(20)8-13(9-23-17)26-18(28)15-6-7-24-27(15)25-19(26)30-10-11-2-4-12(5-3-11)16(21)22/h2-9,16H,10H2,1H3. The third-order valence-electron chi connectivity index (χ3n) is 4.26. The monoisotopic (exact) mass is 433 g/mol. The quantitative estimate of drug-likeness (QED) is 0.432. The Morgan fingerprint density at radius 3 is 2.63 bits per heavy atom. The normalized spacial score (nSPS) is 11.4. The molecule has 0 atom stereocenters. The maximum Gasteiger partial charge on any atom is 0.285 e. The summed E-state index contributed by atoms with van der Waals surface area (Å²) in [5.74, 6) is -0.582. The zero-order chi connectivity index (χ0) is 21.3. The van der Waals surface area contributed by atoms with Crippen LogP contribution in [0.5, 0.6) is 5.88 Å². The molecule has 0 aliphatic carbocycles. The van der Waals surface area contributed by atoms with Gasteiger partial charge in [0.1, 0.15) is 0 Å². The van der Waals surface area contributed by atoms with Crippen LogP contribution in [0.1, 0.15) is 17.6 Å². The first-order chi connectivity index (χ1) is 14.5. The highest BCUT2D eigenvalue weighted by molar-refractivity contribution is 7.98. The fraction of sp³-hybridized carbons (Fsp3) is 0.158. The van der Waals surface area contributed by atoms with Crippen molar-refractivity contribution in [3.63, 3.8) is 0 Å². The van der Waals surface area contributed by atoms with Crippen LogP contribution in [0.2, 0.25) is 0 Å². The van der Waals surface area contributed by atoms with Crippen molar-refractivity contribution in [1.29, 1.82) is 0 Å². The van der Waals surface area contributed by atoms with Gasteiger partial charge in [0.2, 0.25) is 5.88 Å². The van der Waals surface area contributed by atoms with E-state index in [9.17, 15) is 18.0 Å². The SMILES string of the molecule is COc1ncc(-n2c(SCc3ccc(C(F)F)cc3)nn3nccc3c2=O)cc1F. The number of hydrogen-bond donors (Lipinski definition) is 0. The molecule has 0 saturated heterocycles. The highest BCUT2D eigenvalue weighted by Crippen LogP contribution is 2.25. The van der Waals surface area contributed by atoms with Gasteiger partial charge in [-0.3, -0.25) is 9.36 Å². The first-order valence-electron chi connectivity index (χ1n) is 8.64. The highest BCUT2D eigenvalue weighted by atomic mass is 32.2.